The molecule has 8 atom stereocenters. The van der Waals surface area contributed by atoms with E-state index < -0.39 is 46.6 Å². The van der Waals surface area contributed by atoms with Crippen LogP contribution in [0.1, 0.15) is 74.1 Å². The second kappa shape index (κ2) is 11.1. The van der Waals surface area contributed by atoms with Crippen LogP contribution in [0.4, 0.5) is 0 Å². The summed E-state index contributed by atoms with van der Waals surface area (Å²) >= 11 is 0. The average Bonchev–Trinajstić information content (AvgIpc) is 3.36. The normalized spacial score (nSPS) is 33.6. The molecule has 214 valence electrons. The summed E-state index contributed by atoms with van der Waals surface area (Å²) in [4.78, 5) is 45.8. The molecule has 3 fully saturated rings. The fourth-order valence-electron chi connectivity index (χ4n) is 6.95. The van der Waals surface area contributed by atoms with Gasteiger partial charge in [0.15, 0.2) is 0 Å². The third kappa shape index (κ3) is 4.72. The van der Waals surface area contributed by atoms with Gasteiger partial charge in [0.2, 0.25) is 11.8 Å². The lowest BCUT2D eigenvalue weighted by Gasteiger charge is -2.44. The highest BCUT2D eigenvalue weighted by atomic mass is 16.6. The van der Waals surface area contributed by atoms with Crippen molar-refractivity contribution in [3.05, 3.63) is 25.3 Å². The summed E-state index contributed by atoms with van der Waals surface area (Å²) in [6, 6.07) is -1.55. The highest BCUT2D eigenvalue weighted by Crippen LogP contribution is 2.66. The van der Waals surface area contributed by atoms with Gasteiger partial charge < -0.3 is 24.4 Å². The van der Waals surface area contributed by atoms with E-state index >= 15 is 0 Å². The topological polar surface area (TPSA) is 96.4 Å². The van der Waals surface area contributed by atoms with Gasteiger partial charge in [-0.3, -0.25) is 14.4 Å². The monoisotopic (exact) mass is 532 g/mol. The van der Waals surface area contributed by atoms with Crippen molar-refractivity contribution in [3.8, 4) is 0 Å². The molecular weight excluding hydrogens is 484 g/mol. The van der Waals surface area contributed by atoms with E-state index in [4.69, 9.17) is 9.47 Å². The molecule has 38 heavy (non-hydrogen) atoms. The van der Waals surface area contributed by atoms with E-state index in [0.717, 1.165) is 6.42 Å². The summed E-state index contributed by atoms with van der Waals surface area (Å²) in [5.41, 5.74) is -2.66. The molecule has 2 amide bonds. The zero-order chi connectivity index (χ0) is 28.6. The first kappa shape index (κ1) is 30.4. The van der Waals surface area contributed by atoms with E-state index in [-0.39, 0.29) is 36.9 Å². The SMILES string of the molecule is C=CCCCOC(=O)[C@@H]1[C@H]2C(=O)N([C@@H](CO)[C@@H](C)CC)C(C(=O)N(CC=C)C(C)(C)C)C23CC(C)[C@@]1(C)O3. The van der Waals surface area contributed by atoms with Crippen molar-refractivity contribution in [1.82, 2.24) is 9.80 Å². The van der Waals surface area contributed by atoms with Gasteiger partial charge in [0.1, 0.15) is 17.6 Å². The molecule has 3 saturated heterocycles. The summed E-state index contributed by atoms with van der Waals surface area (Å²) in [6.07, 6.45) is 6.00. The Bertz CT molecular complexity index is 944. The van der Waals surface area contributed by atoms with Crippen LogP contribution in [0.3, 0.4) is 0 Å². The third-order valence-electron chi connectivity index (χ3n) is 9.27. The minimum atomic E-state index is -1.18. The van der Waals surface area contributed by atoms with E-state index in [0.29, 0.717) is 25.8 Å². The smallest absolute Gasteiger partial charge is 0.312 e. The lowest BCUT2D eigenvalue weighted by Crippen LogP contribution is -2.62. The van der Waals surface area contributed by atoms with Crippen LogP contribution in [-0.4, -0.2) is 81.3 Å². The Morgan fingerprint density at radius 2 is 1.97 bits per heavy atom. The highest BCUT2D eigenvalue weighted by Gasteiger charge is 2.81. The number of hydrogen-bond acceptors (Lipinski definition) is 6. The predicted molar refractivity (Wildman–Crippen MR) is 146 cm³/mol. The largest absolute Gasteiger partial charge is 0.465 e. The molecule has 8 nitrogen and oxygen atoms in total. The minimum absolute atomic E-state index is 0.0634. The summed E-state index contributed by atoms with van der Waals surface area (Å²) < 4.78 is 12.5. The molecule has 0 aromatic rings. The molecule has 0 aliphatic carbocycles. The molecule has 0 radical (unpaired) electrons. The van der Waals surface area contributed by atoms with Crippen molar-refractivity contribution in [3.63, 3.8) is 0 Å². The zero-order valence-electron chi connectivity index (χ0n) is 24.4. The third-order valence-corrected chi connectivity index (χ3v) is 9.27. The molecule has 0 aromatic carbocycles. The number of aliphatic hydroxyl groups is 1. The molecular formula is C30H48N2O6. The predicted octanol–water partition coefficient (Wildman–Crippen LogP) is 3.73. The standard InChI is InChI=1S/C30H48N2O6/c1-10-13-14-16-37-27(36)23-22-25(34)32(21(18-33)19(4)12-3)24(26(35)31(15-11-2)28(6,7)8)30(22)17-20(5)29(23,9)38-30/h10-11,19-24,33H,1-2,12-18H2,3-9H3/t19-,20?,21-,22-,23-,24?,29+,30?/m0/s1. The molecule has 3 rings (SSSR count). The quantitative estimate of drug-likeness (QED) is 0.234. The van der Waals surface area contributed by atoms with Gasteiger partial charge in [-0.05, 0) is 58.8 Å². The van der Waals surface area contributed by atoms with Gasteiger partial charge in [0, 0.05) is 12.1 Å². The van der Waals surface area contributed by atoms with Gasteiger partial charge in [-0.2, -0.15) is 0 Å². The van der Waals surface area contributed by atoms with Gasteiger partial charge in [0.25, 0.3) is 0 Å². The number of hydrogen-bond donors (Lipinski definition) is 1. The Morgan fingerprint density at radius 1 is 1.32 bits per heavy atom. The first-order valence-electron chi connectivity index (χ1n) is 14.1. The van der Waals surface area contributed by atoms with Crippen molar-refractivity contribution >= 4 is 17.8 Å². The number of unbranched alkanes of at least 4 members (excludes halogenated alkanes) is 1. The molecule has 3 heterocycles. The van der Waals surface area contributed by atoms with Crippen molar-refractivity contribution < 1.29 is 29.0 Å². The fraction of sp³-hybridized carbons (Fsp3) is 0.767. The van der Waals surface area contributed by atoms with Crippen molar-refractivity contribution in [2.75, 3.05) is 19.8 Å². The minimum Gasteiger partial charge on any atom is -0.465 e. The van der Waals surface area contributed by atoms with Crippen LogP contribution >= 0.6 is 0 Å². The number of esters is 1. The first-order chi connectivity index (χ1) is 17.8. The Labute approximate surface area is 228 Å². The zero-order valence-corrected chi connectivity index (χ0v) is 24.4. The molecule has 0 aromatic heterocycles. The van der Waals surface area contributed by atoms with Crippen LogP contribution < -0.4 is 0 Å². The van der Waals surface area contributed by atoms with Crippen LogP contribution in [0.25, 0.3) is 0 Å². The van der Waals surface area contributed by atoms with Crippen LogP contribution in [0.5, 0.6) is 0 Å². The Hall–Kier alpha value is -2.19. The van der Waals surface area contributed by atoms with E-state index in [9.17, 15) is 19.5 Å². The molecule has 2 bridgehead atoms. The number of aliphatic hydroxyl groups excluding tert-OH is 1. The van der Waals surface area contributed by atoms with E-state index in [1.807, 2.05) is 48.5 Å². The fourth-order valence-corrected chi connectivity index (χ4v) is 6.95. The number of carbonyl (C=O) groups is 3. The second-order valence-electron chi connectivity index (χ2n) is 12.6. The maximum absolute atomic E-state index is 14.5. The lowest BCUT2D eigenvalue weighted by atomic mass is 9.62. The van der Waals surface area contributed by atoms with Crippen LogP contribution in [-0.2, 0) is 23.9 Å². The van der Waals surface area contributed by atoms with E-state index in [1.165, 1.54) is 0 Å². The average molecular weight is 533 g/mol. The number of likely N-dealkylation sites (tertiary alicyclic amines) is 1. The highest BCUT2D eigenvalue weighted by molar-refractivity contribution is 5.99. The van der Waals surface area contributed by atoms with Gasteiger partial charge in [0.05, 0.1) is 30.8 Å². The number of nitrogens with zero attached hydrogens (tertiary/aromatic N) is 2. The Morgan fingerprint density at radius 3 is 2.50 bits per heavy atom. The van der Waals surface area contributed by atoms with Gasteiger partial charge in [-0.15, -0.1) is 13.2 Å². The van der Waals surface area contributed by atoms with E-state index in [2.05, 4.69) is 13.2 Å². The molecule has 3 aliphatic rings. The number of fused-ring (bicyclic) bond motifs is 1. The lowest BCUT2D eigenvalue weighted by molar-refractivity contribution is -0.165. The number of rotatable bonds is 12. The van der Waals surface area contributed by atoms with E-state index in [1.54, 1.807) is 22.0 Å². The summed E-state index contributed by atoms with van der Waals surface area (Å²) in [5.74, 6) is -2.84. The molecule has 1 N–H and O–H groups in total. The van der Waals surface area contributed by atoms with Crippen LogP contribution in [0, 0.1) is 23.7 Å². The summed E-state index contributed by atoms with van der Waals surface area (Å²) in [7, 11) is 0. The molecule has 0 saturated carbocycles. The van der Waals surface area contributed by atoms with Crippen molar-refractivity contribution in [2.24, 2.45) is 23.7 Å². The molecule has 3 unspecified atom stereocenters. The number of ether oxygens (including phenoxy) is 2. The molecule has 8 heteroatoms. The Balaban J connectivity index is 2.15. The van der Waals surface area contributed by atoms with Crippen LogP contribution in [0.15, 0.2) is 25.3 Å². The number of amides is 2. The van der Waals surface area contributed by atoms with Gasteiger partial charge in [-0.1, -0.05) is 39.3 Å². The van der Waals surface area contributed by atoms with Gasteiger partial charge in [-0.25, -0.2) is 0 Å². The first-order valence-corrected chi connectivity index (χ1v) is 14.1. The van der Waals surface area contributed by atoms with Crippen LogP contribution in [0.2, 0.25) is 0 Å². The maximum Gasteiger partial charge on any atom is 0.312 e. The van der Waals surface area contributed by atoms with Crippen molar-refractivity contribution in [1.29, 1.82) is 0 Å². The Kier molecular flexibility index (Phi) is 8.89. The molecule has 1 spiro atoms. The maximum atomic E-state index is 14.5. The van der Waals surface area contributed by atoms with Gasteiger partial charge >= 0.3 is 5.97 Å². The second-order valence-corrected chi connectivity index (χ2v) is 12.6. The van der Waals surface area contributed by atoms with Crippen molar-refractivity contribution in [2.45, 2.75) is 103 Å². The number of carbonyl (C=O) groups excluding carboxylic acids is 3. The number of allylic oxidation sites excluding steroid dienone is 1. The summed E-state index contributed by atoms with van der Waals surface area (Å²) in [5, 5.41) is 10.5. The summed E-state index contributed by atoms with van der Waals surface area (Å²) in [6.45, 7) is 21.5. The molecule has 3 aliphatic heterocycles.